The number of nitrogens with two attached hydrogens (primary N) is 1. The maximum atomic E-state index is 13.5. The highest BCUT2D eigenvalue weighted by molar-refractivity contribution is 5.91. The number of benzene rings is 1. The number of aromatic nitrogens is 6. The van der Waals surface area contributed by atoms with Crippen LogP contribution in [0.5, 0.6) is 0 Å². The zero-order valence-electron chi connectivity index (χ0n) is 15.3. The van der Waals surface area contributed by atoms with E-state index in [9.17, 15) is 9.50 Å². The summed E-state index contributed by atoms with van der Waals surface area (Å²) in [6.07, 6.45) is 1.71. The van der Waals surface area contributed by atoms with Crippen molar-refractivity contribution in [1.82, 2.24) is 29.9 Å². The van der Waals surface area contributed by atoms with E-state index in [-0.39, 0.29) is 5.95 Å². The summed E-state index contributed by atoms with van der Waals surface area (Å²) >= 11 is 0. The second-order valence-electron chi connectivity index (χ2n) is 6.97. The van der Waals surface area contributed by atoms with E-state index in [1.54, 1.807) is 36.9 Å². The average molecular weight is 379 g/mol. The van der Waals surface area contributed by atoms with E-state index in [0.29, 0.717) is 34.5 Å². The van der Waals surface area contributed by atoms with Crippen molar-refractivity contribution in [2.45, 2.75) is 26.0 Å². The fourth-order valence-electron chi connectivity index (χ4n) is 2.87. The molecule has 4 rings (SSSR count). The molecule has 0 aliphatic carbocycles. The molecule has 0 fully saturated rings. The van der Waals surface area contributed by atoms with Gasteiger partial charge in [-0.25, -0.2) is 19.0 Å². The Kier molecular flexibility index (Phi) is 4.23. The molecular weight excluding hydrogens is 361 g/mol. The quantitative estimate of drug-likeness (QED) is 0.559. The molecule has 8 nitrogen and oxygen atoms in total. The lowest BCUT2D eigenvalue weighted by Gasteiger charge is -2.17. The minimum Gasteiger partial charge on any atom is -0.384 e. The number of hydrogen-bond donors (Lipinski definition) is 2. The summed E-state index contributed by atoms with van der Waals surface area (Å²) in [6, 6.07) is 9.67. The fourth-order valence-corrected chi connectivity index (χ4v) is 2.87. The van der Waals surface area contributed by atoms with Crippen LogP contribution in [0.15, 0.2) is 42.6 Å². The summed E-state index contributed by atoms with van der Waals surface area (Å²) in [5.41, 5.74) is 7.40. The Labute approximate surface area is 159 Å². The summed E-state index contributed by atoms with van der Waals surface area (Å²) in [6.45, 7) is 3.73. The van der Waals surface area contributed by atoms with Crippen LogP contribution in [0.3, 0.4) is 0 Å². The maximum Gasteiger partial charge on any atom is 0.221 e. The van der Waals surface area contributed by atoms with Crippen LogP contribution in [0.1, 0.15) is 25.2 Å². The highest BCUT2D eigenvalue weighted by atomic mass is 19.1. The molecule has 142 valence electrons. The van der Waals surface area contributed by atoms with Crippen molar-refractivity contribution in [3.63, 3.8) is 0 Å². The van der Waals surface area contributed by atoms with Crippen molar-refractivity contribution in [2.75, 3.05) is 5.73 Å². The van der Waals surface area contributed by atoms with E-state index >= 15 is 0 Å². The molecule has 0 atom stereocenters. The SMILES string of the molecule is CC(C)(O)c1cccc(Cn2cc(-c3nc(N)nc4cc(F)ccc34)nn2)n1. The number of pyridine rings is 1. The second-order valence-corrected chi connectivity index (χ2v) is 6.97. The standard InChI is InChI=1S/C19H18FN7O/c1-19(2,28)16-5-3-4-12(22-16)9-27-10-15(25-26-27)17-13-7-6-11(20)8-14(13)23-18(21)24-17/h3-8,10,28H,9H2,1-2H3,(H2,21,23,24). The highest BCUT2D eigenvalue weighted by Gasteiger charge is 2.18. The van der Waals surface area contributed by atoms with Crippen LogP contribution in [0.25, 0.3) is 22.3 Å². The van der Waals surface area contributed by atoms with Gasteiger partial charge in [0.15, 0.2) is 0 Å². The summed E-state index contributed by atoms with van der Waals surface area (Å²) in [5.74, 6) is -0.375. The first-order chi connectivity index (χ1) is 13.3. The topological polar surface area (TPSA) is 116 Å². The number of hydrogen-bond acceptors (Lipinski definition) is 7. The Morgan fingerprint density at radius 3 is 2.75 bits per heavy atom. The van der Waals surface area contributed by atoms with Crippen molar-refractivity contribution in [1.29, 1.82) is 0 Å². The van der Waals surface area contributed by atoms with E-state index in [1.807, 2.05) is 12.1 Å². The van der Waals surface area contributed by atoms with Crippen LogP contribution in [0.2, 0.25) is 0 Å². The zero-order chi connectivity index (χ0) is 19.9. The van der Waals surface area contributed by atoms with Crippen LogP contribution in [0, 0.1) is 5.82 Å². The lowest BCUT2D eigenvalue weighted by molar-refractivity contribution is 0.0736. The number of halogens is 1. The number of rotatable bonds is 4. The van der Waals surface area contributed by atoms with Gasteiger partial charge in [-0.15, -0.1) is 5.10 Å². The Hall–Kier alpha value is -3.46. The molecule has 3 N–H and O–H groups in total. The highest BCUT2D eigenvalue weighted by Crippen LogP contribution is 2.26. The Morgan fingerprint density at radius 2 is 1.96 bits per heavy atom. The molecule has 1 aromatic carbocycles. The first kappa shape index (κ1) is 17.9. The first-order valence-electron chi connectivity index (χ1n) is 8.62. The molecule has 0 saturated carbocycles. The van der Waals surface area contributed by atoms with Crippen LogP contribution in [-0.4, -0.2) is 35.1 Å². The Balaban J connectivity index is 1.68. The summed E-state index contributed by atoms with van der Waals surface area (Å²) in [5, 5.41) is 19.0. The minimum atomic E-state index is -1.03. The molecular formula is C19H18FN7O. The molecule has 0 aliphatic heterocycles. The number of nitrogens with zero attached hydrogens (tertiary/aromatic N) is 6. The molecule has 0 aliphatic rings. The van der Waals surface area contributed by atoms with Gasteiger partial charge in [0.2, 0.25) is 5.95 Å². The number of fused-ring (bicyclic) bond motifs is 1. The van der Waals surface area contributed by atoms with Gasteiger partial charge in [0, 0.05) is 11.5 Å². The lowest BCUT2D eigenvalue weighted by atomic mass is 10.0. The molecule has 3 aromatic heterocycles. The zero-order valence-corrected chi connectivity index (χ0v) is 15.3. The van der Waals surface area contributed by atoms with E-state index in [4.69, 9.17) is 5.73 Å². The van der Waals surface area contributed by atoms with E-state index in [1.165, 1.54) is 12.1 Å². The van der Waals surface area contributed by atoms with Crippen LogP contribution < -0.4 is 5.73 Å². The van der Waals surface area contributed by atoms with Crippen LogP contribution in [-0.2, 0) is 12.1 Å². The van der Waals surface area contributed by atoms with E-state index < -0.39 is 11.4 Å². The van der Waals surface area contributed by atoms with Gasteiger partial charge in [-0.05, 0) is 38.1 Å². The molecule has 3 heterocycles. The predicted octanol–water partition coefficient (Wildman–Crippen LogP) is 2.28. The molecule has 0 saturated heterocycles. The van der Waals surface area contributed by atoms with Gasteiger partial charge in [-0.2, -0.15) is 0 Å². The summed E-state index contributed by atoms with van der Waals surface area (Å²) in [4.78, 5) is 12.8. The normalized spacial score (nSPS) is 11.9. The largest absolute Gasteiger partial charge is 0.384 e. The lowest BCUT2D eigenvalue weighted by Crippen LogP contribution is -2.18. The maximum absolute atomic E-state index is 13.5. The Morgan fingerprint density at radius 1 is 1.14 bits per heavy atom. The Bertz CT molecular complexity index is 1160. The van der Waals surface area contributed by atoms with Crippen LogP contribution >= 0.6 is 0 Å². The molecule has 28 heavy (non-hydrogen) atoms. The van der Waals surface area contributed by atoms with Gasteiger partial charge in [0.1, 0.15) is 22.8 Å². The molecule has 0 radical (unpaired) electrons. The van der Waals surface area contributed by atoms with Gasteiger partial charge < -0.3 is 10.8 Å². The molecule has 9 heteroatoms. The van der Waals surface area contributed by atoms with Gasteiger partial charge in [-0.1, -0.05) is 11.3 Å². The third kappa shape index (κ3) is 3.52. The molecule has 0 spiro atoms. The van der Waals surface area contributed by atoms with Crippen molar-refractivity contribution >= 4 is 16.9 Å². The third-order valence-electron chi connectivity index (χ3n) is 4.22. The molecule has 0 bridgehead atoms. The summed E-state index contributed by atoms with van der Waals surface area (Å²) in [7, 11) is 0. The number of anilines is 1. The van der Waals surface area contributed by atoms with Crippen molar-refractivity contribution < 1.29 is 9.50 Å². The molecule has 0 unspecified atom stereocenters. The van der Waals surface area contributed by atoms with E-state index in [0.717, 1.165) is 5.69 Å². The summed E-state index contributed by atoms with van der Waals surface area (Å²) < 4.78 is 15.1. The van der Waals surface area contributed by atoms with Gasteiger partial charge >= 0.3 is 0 Å². The van der Waals surface area contributed by atoms with Crippen molar-refractivity contribution in [3.05, 3.63) is 59.8 Å². The molecule has 0 amide bonds. The fraction of sp³-hybridized carbons (Fsp3) is 0.211. The second kappa shape index (κ2) is 6.61. The molecule has 4 aromatic rings. The van der Waals surface area contributed by atoms with Crippen LogP contribution in [0.4, 0.5) is 10.3 Å². The van der Waals surface area contributed by atoms with Crippen molar-refractivity contribution in [3.8, 4) is 11.4 Å². The first-order valence-corrected chi connectivity index (χ1v) is 8.62. The third-order valence-corrected chi connectivity index (χ3v) is 4.22. The van der Waals surface area contributed by atoms with Crippen molar-refractivity contribution in [2.24, 2.45) is 0 Å². The monoisotopic (exact) mass is 379 g/mol. The number of nitrogen functional groups attached to an aromatic ring is 1. The minimum absolute atomic E-state index is 0.0298. The van der Waals surface area contributed by atoms with E-state index in [2.05, 4.69) is 25.3 Å². The van der Waals surface area contributed by atoms with Gasteiger partial charge in [-0.3, -0.25) is 4.98 Å². The average Bonchev–Trinajstić information content (AvgIpc) is 3.08. The predicted molar refractivity (Wildman–Crippen MR) is 102 cm³/mol. The number of aliphatic hydroxyl groups is 1. The smallest absolute Gasteiger partial charge is 0.221 e. The van der Waals surface area contributed by atoms with Gasteiger partial charge in [0.25, 0.3) is 0 Å². The van der Waals surface area contributed by atoms with Gasteiger partial charge in [0.05, 0.1) is 29.6 Å².